The topological polar surface area (TPSA) is 55.8 Å². The lowest BCUT2D eigenvalue weighted by molar-refractivity contribution is -0.132. The molecular formula is C18H25NO4. The molecule has 126 valence electrons. The maximum atomic E-state index is 12.7. The predicted octanol–water partition coefficient (Wildman–Crippen LogP) is 3.59. The molecule has 0 saturated heterocycles. The summed E-state index contributed by atoms with van der Waals surface area (Å²) in [6, 6.07) is 3.36. The summed E-state index contributed by atoms with van der Waals surface area (Å²) < 4.78 is 11.5. The van der Waals surface area contributed by atoms with Gasteiger partial charge in [-0.05, 0) is 39.3 Å². The van der Waals surface area contributed by atoms with Crippen molar-refractivity contribution >= 4 is 17.9 Å². The lowest BCUT2D eigenvalue weighted by Gasteiger charge is -2.39. The fourth-order valence-electron chi connectivity index (χ4n) is 2.72. The number of hydrogen-bond acceptors (Lipinski definition) is 4. The van der Waals surface area contributed by atoms with Crippen molar-refractivity contribution in [1.82, 2.24) is 0 Å². The molecule has 0 spiro atoms. The van der Waals surface area contributed by atoms with Gasteiger partial charge in [0.25, 0.3) is 5.91 Å². The number of ether oxygens (including phenoxy) is 2. The summed E-state index contributed by atoms with van der Waals surface area (Å²) in [6.07, 6.45) is 3.80. The fraction of sp³-hybridized carbons (Fsp3) is 0.556. The molecule has 1 aromatic carbocycles. The molecule has 0 saturated carbocycles. The minimum atomic E-state index is -0.951. The number of benzene rings is 1. The Labute approximate surface area is 137 Å². The molecule has 0 atom stereocenters. The second kappa shape index (κ2) is 7.02. The van der Waals surface area contributed by atoms with Crippen LogP contribution < -0.4 is 14.4 Å². The first-order chi connectivity index (χ1) is 10.9. The molecule has 0 N–H and O–H groups in total. The molecule has 1 aliphatic heterocycles. The second-order valence-corrected chi connectivity index (χ2v) is 6.19. The number of anilines is 1. The zero-order valence-corrected chi connectivity index (χ0v) is 14.3. The number of carbonyl (C=O) groups excluding carboxylic acids is 2. The van der Waals surface area contributed by atoms with Crippen molar-refractivity contribution in [2.75, 3.05) is 18.1 Å². The molecule has 0 fully saturated rings. The summed E-state index contributed by atoms with van der Waals surface area (Å²) in [7, 11) is 0. The number of hydrogen-bond donors (Lipinski definition) is 0. The summed E-state index contributed by atoms with van der Waals surface area (Å²) in [4.78, 5) is 25.7. The van der Waals surface area contributed by atoms with Gasteiger partial charge in [-0.3, -0.25) is 9.59 Å². The number of fused-ring (bicyclic) bond motifs is 1. The average Bonchev–Trinajstić information content (AvgIpc) is 2.52. The monoisotopic (exact) mass is 319 g/mol. The van der Waals surface area contributed by atoms with Crippen molar-refractivity contribution in [1.29, 1.82) is 0 Å². The van der Waals surface area contributed by atoms with Crippen LogP contribution in [-0.2, 0) is 4.79 Å². The van der Waals surface area contributed by atoms with Gasteiger partial charge in [0.05, 0.1) is 12.3 Å². The van der Waals surface area contributed by atoms with E-state index in [1.54, 1.807) is 30.9 Å². The van der Waals surface area contributed by atoms with Crippen LogP contribution in [0.1, 0.15) is 57.3 Å². The standard InChI is InChI=1S/C18H25NO4/c1-5-7-8-9-19-14-10-13(12-20)11-15(22-6-2)16(14)23-18(3,4)17(19)21/h10-12H,5-9H2,1-4H3. The highest BCUT2D eigenvalue weighted by Crippen LogP contribution is 2.45. The Morgan fingerprint density at radius 3 is 2.61 bits per heavy atom. The Hall–Kier alpha value is -2.04. The third-order valence-corrected chi connectivity index (χ3v) is 3.89. The van der Waals surface area contributed by atoms with Crippen LogP contribution in [0.5, 0.6) is 11.5 Å². The van der Waals surface area contributed by atoms with E-state index in [1.807, 2.05) is 6.92 Å². The molecule has 0 aromatic heterocycles. The van der Waals surface area contributed by atoms with E-state index in [0.717, 1.165) is 25.5 Å². The van der Waals surface area contributed by atoms with Gasteiger partial charge in [0, 0.05) is 12.1 Å². The van der Waals surface area contributed by atoms with Crippen molar-refractivity contribution in [3.05, 3.63) is 17.7 Å². The lowest BCUT2D eigenvalue weighted by Crippen LogP contribution is -2.52. The van der Waals surface area contributed by atoms with E-state index in [2.05, 4.69) is 6.92 Å². The summed E-state index contributed by atoms with van der Waals surface area (Å²) >= 11 is 0. The zero-order valence-electron chi connectivity index (χ0n) is 14.3. The Kier molecular flexibility index (Phi) is 5.29. The van der Waals surface area contributed by atoms with E-state index < -0.39 is 5.60 Å². The molecule has 0 radical (unpaired) electrons. The Morgan fingerprint density at radius 2 is 2.00 bits per heavy atom. The highest BCUT2D eigenvalue weighted by Gasteiger charge is 2.42. The number of unbranched alkanes of at least 4 members (excludes halogenated alkanes) is 2. The number of amides is 1. The van der Waals surface area contributed by atoms with Crippen molar-refractivity contribution in [2.24, 2.45) is 0 Å². The van der Waals surface area contributed by atoms with Crippen molar-refractivity contribution in [3.63, 3.8) is 0 Å². The van der Waals surface area contributed by atoms with Crippen molar-refractivity contribution in [2.45, 2.75) is 52.6 Å². The van der Waals surface area contributed by atoms with Gasteiger partial charge in [0.2, 0.25) is 0 Å². The third kappa shape index (κ3) is 3.49. The first-order valence-corrected chi connectivity index (χ1v) is 8.21. The molecular weight excluding hydrogens is 294 g/mol. The first kappa shape index (κ1) is 17.3. The minimum absolute atomic E-state index is 0.0911. The minimum Gasteiger partial charge on any atom is -0.490 e. The summed E-state index contributed by atoms with van der Waals surface area (Å²) in [5, 5.41) is 0. The normalized spacial score (nSPS) is 15.8. The Bertz CT molecular complexity index is 595. The highest BCUT2D eigenvalue weighted by atomic mass is 16.5. The average molecular weight is 319 g/mol. The smallest absolute Gasteiger partial charge is 0.270 e. The van der Waals surface area contributed by atoms with Crippen molar-refractivity contribution < 1.29 is 19.1 Å². The van der Waals surface area contributed by atoms with Gasteiger partial charge in [-0.15, -0.1) is 0 Å². The van der Waals surface area contributed by atoms with Gasteiger partial charge in [-0.2, -0.15) is 0 Å². The first-order valence-electron chi connectivity index (χ1n) is 8.21. The third-order valence-electron chi connectivity index (χ3n) is 3.89. The summed E-state index contributed by atoms with van der Waals surface area (Å²) in [6.45, 7) is 8.58. The molecule has 1 heterocycles. The Morgan fingerprint density at radius 1 is 1.26 bits per heavy atom. The zero-order chi connectivity index (χ0) is 17.0. The highest BCUT2D eigenvalue weighted by molar-refractivity contribution is 6.03. The van der Waals surface area contributed by atoms with Gasteiger partial charge in [0.15, 0.2) is 17.1 Å². The fourth-order valence-corrected chi connectivity index (χ4v) is 2.72. The quantitative estimate of drug-likeness (QED) is 0.569. The predicted molar refractivity (Wildman–Crippen MR) is 89.6 cm³/mol. The molecule has 23 heavy (non-hydrogen) atoms. The number of nitrogens with zero attached hydrogens (tertiary/aromatic N) is 1. The summed E-state index contributed by atoms with van der Waals surface area (Å²) in [5.74, 6) is 0.957. The maximum absolute atomic E-state index is 12.7. The van der Waals surface area contributed by atoms with E-state index in [9.17, 15) is 9.59 Å². The molecule has 0 aliphatic carbocycles. The molecule has 1 amide bonds. The van der Waals surface area contributed by atoms with Crippen LogP contribution in [0.15, 0.2) is 12.1 Å². The SMILES string of the molecule is CCCCCN1C(=O)C(C)(C)Oc2c(OCC)cc(C=O)cc21. The summed E-state index contributed by atoms with van der Waals surface area (Å²) in [5.41, 5.74) is 0.149. The van der Waals surface area contributed by atoms with E-state index in [-0.39, 0.29) is 5.91 Å². The van der Waals surface area contributed by atoms with Gasteiger partial charge < -0.3 is 14.4 Å². The van der Waals surface area contributed by atoms with E-state index in [0.29, 0.717) is 35.9 Å². The van der Waals surface area contributed by atoms with Crippen LogP contribution in [0.3, 0.4) is 0 Å². The molecule has 0 bridgehead atoms. The number of aldehydes is 1. The van der Waals surface area contributed by atoms with Gasteiger partial charge in [-0.1, -0.05) is 19.8 Å². The van der Waals surface area contributed by atoms with Gasteiger partial charge in [0.1, 0.15) is 6.29 Å². The molecule has 5 heteroatoms. The van der Waals surface area contributed by atoms with E-state index >= 15 is 0 Å². The van der Waals surface area contributed by atoms with Crippen molar-refractivity contribution in [3.8, 4) is 11.5 Å². The van der Waals surface area contributed by atoms with Gasteiger partial charge in [-0.25, -0.2) is 0 Å². The van der Waals surface area contributed by atoms with Crippen LogP contribution in [-0.4, -0.2) is 30.9 Å². The second-order valence-electron chi connectivity index (χ2n) is 6.19. The lowest BCUT2D eigenvalue weighted by atomic mass is 10.0. The van der Waals surface area contributed by atoms with Crippen LogP contribution in [0.2, 0.25) is 0 Å². The molecule has 2 rings (SSSR count). The van der Waals surface area contributed by atoms with Crippen LogP contribution in [0, 0.1) is 0 Å². The van der Waals surface area contributed by atoms with Crippen LogP contribution >= 0.6 is 0 Å². The molecule has 5 nitrogen and oxygen atoms in total. The number of rotatable bonds is 7. The largest absolute Gasteiger partial charge is 0.490 e. The number of carbonyl (C=O) groups is 2. The Balaban J connectivity index is 2.50. The molecule has 1 aliphatic rings. The molecule has 0 unspecified atom stereocenters. The van der Waals surface area contributed by atoms with Crippen LogP contribution in [0.25, 0.3) is 0 Å². The van der Waals surface area contributed by atoms with Crippen LogP contribution in [0.4, 0.5) is 5.69 Å². The van der Waals surface area contributed by atoms with E-state index in [1.165, 1.54) is 0 Å². The van der Waals surface area contributed by atoms with Gasteiger partial charge >= 0.3 is 0 Å². The van der Waals surface area contributed by atoms with E-state index in [4.69, 9.17) is 9.47 Å². The maximum Gasteiger partial charge on any atom is 0.270 e. The molecule has 1 aromatic rings.